The van der Waals surface area contributed by atoms with Gasteiger partial charge in [-0.1, -0.05) is 17.7 Å². The second-order valence-electron chi connectivity index (χ2n) is 5.92. The van der Waals surface area contributed by atoms with Crippen LogP contribution in [0.5, 0.6) is 0 Å². The molecule has 4 nitrogen and oxygen atoms in total. The second-order valence-corrected chi connectivity index (χ2v) is 7.41. The zero-order chi connectivity index (χ0) is 16.4. The summed E-state index contributed by atoms with van der Waals surface area (Å²) in [5, 5.41) is 4.57. The molecular weight excluding hydrogens is 330 g/mol. The summed E-state index contributed by atoms with van der Waals surface area (Å²) in [6.45, 7) is 6.92. The summed E-state index contributed by atoms with van der Waals surface area (Å²) >= 11 is 7.59. The zero-order valence-electron chi connectivity index (χ0n) is 13.4. The van der Waals surface area contributed by atoms with Crippen molar-refractivity contribution >= 4 is 34.5 Å². The number of benzene rings is 1. The lowest BCUT2D eigenvalue weighted by molar-refractivity contribution is 0.103. The number of hydrogen-bond donors (Lipinski definition) is 1. The third-order valence-electron chi connectivity index (χ3n) is 4.03. The Hall–Kier alpha value is -1.43. The largest absolute Gasteiger partial charge is 0.321 e. The molecule has 1 saturated heterocycles. The van der Waals surface area contributed by atoms with E-state index in [0.717, 1.165) is 35.9 Å². The van der Waals surface area contributed by atoms with Crippen LogP contribution >= 0.6 is 22.9 Å². The van der Waals surface area contributed by atoms with Crippen LogP contribution in [0.15, 0.2) is 18.2 Å². The lowest BCUT2D eigenvalue weighted by Crippen LogP contribution is -2.18. The molecule has 0 unspecified atom stereocenters. The number of aromatic nitrogens is 1. The minimum Gasteiger partial charge on any atom is -0.321 e. The summed E-state index contributed by atoms with van der Waals surface area (Å²) < 4.78 is 0. The van der Waals surface area contributed by atoms with Crippen LogP contribution in [-0.4, -0.2) is 28.9 Å². The van der Waals surface area contributed by atoms with Crippen molar-refractivity contribution in [2.75, 3.05) is 18.4 Å². The molecule has 0 aliphatic carbocycles. The van der Waals surface area contributed by atoms with E-state index in [1.165, 1.54) is 24.2 Å². The standard InChI is InChI=1S/C17H20ClN3OS/c1-11-5-6-13(9-14(11)18)20-17(22)16-12(2)19-15(23-16)10-21-7-3-4-8-21/h5-6,9H,3-4,7-8,10H2,1-2H3,(H,20,22). The van der Waals surface area contributed by atoms with Gasteiger partial charge in [-0.2, -0.15) is 0 Å². The fraction of sp³-hybridized carbons (Fsp3) is 0.412. The maximum Gasteiger partial charge on any atom is 0.267 e. The molecule has 0 bridgehead atoms. The predicted octanol–water partition coefficient (Wildman–Crippen LogP) is 4.26. The molecule has 0 spiro atoms. The highest BCUT2D eigenvalue weighted by molar-refractivity contribution is 7.13. The number of halogens is 1. The van der Waals surface area contributed by atoms with E-state index in [1.54, 1.807) is 6.07 Å². The summed E-state index contributed by atoms with van der Waals surface area (Å²) in [6, 6.07) is 5.53. The summed E-state index contributed by atoms with van der Waals surface area (Å²) in [4.78, 5) is 20.1. The van der Waals surface area contributed by atoms with Gasteiger partial charge in [-0.15, -0.1) is 11.3 Å². The fourth-order valence-corrected chi connectivity index (χ4v) is 3.90. The Bertz CT molecular complexity index is 723. The molecule has 1 aliphatic heterocycles. The highest BCUT2D eigenvalue weighted by atomic mass is 35.5. The number of aryl methyl sites for hydroxylation is 2. The van der Waals surface area contributed by atoms with Crippen molar-refractivity contribution in [2.45, 2.75) is 33.2 Å². The van der Waals surface area contributed by atoms with Crippen molar-refractivity contribution in [2.24, 2.45) is 0 Å². The summed E-state index contributed by atoms with van der Waals surface area (Å²) in [5.74, 6) is -0.118. The molecule has 3 rings (SSSR count). The fourth-order valence-electron chi connectivity index (χ4n) is 2.72. The second kappa shape index (κ2) is 6.99. The summed E-state index contributed by atoms with van der Waals surface area (Å²) in [6.07, 6.45) is 2.51. The molecule has 1 aromatic carbocycles. The van der Waals surface area contributed by atoms with Gasteiger partial charge in [0.05, 0.1) is 12.2 Å². The molecule has 1 aromatic heterocycles. The molecule has 6 heteroatoms. The first-order valence-electron chi connectivity index (χ1n) is 7.79. The molecule has 1 fully saturated rings. The van der Waals surface area contributed by atoms with E-state index in [9.17, 15) is 4.79 Å². The van der Waals surface area contributed by atoms with Gasteiger partial charge in [0, 0.05) is 10.7 Å². The van der Waals surface area contributed by atoms with Crippen LogP contribution in [0.2, 0.25) is 5.02 Å². The first-order chi connectivity index (χ1) is 11.0. The number of anilines is 1. The normalized spacial score (nSPS) is 15.1. The molecule has 122 valence electrons. The van der Waals surface area contributed by atoms with Crippen LogP contribution in [0.4, 0.5) is 5.69 Å². The van der Waals surface area contributed by atoms with E-state index in [1.807, 2.05) is 26.0 Å². The van der Waals surface area contributed by atoms with Crippen molar-refractivity contribution < 1.29 is 4.79 Å². The summed E-state index contributed by atoms with van der Waals surface area (Å²) in [7, 11) is 0. The van der Waals surface area contributed by atoms with E-state index >= 15 is 0 Å². The Morgan fingerprint density at radius 2 is 2.09 bits per heavy atom. The van der Waals surface area contributed by atoms with Gasteiger partial charge in [0.15, 0.2) is 0 Å². The Morgan fingerprint density at radius 1 is 1.35 bits per heavy atom. The van der Waals surface area contributed by atoms with Crippen LogP contribution in [-0.2, 0) is 6.54 Å². The molecule has 0 atom stereocenters. The minimum atomic E-state index is -0.118. The molecule has 0 saturated carbocycles. The number of hydrogen-bond acceptors (Lipinski definition) is 4. The maximum atomic E-state index is 12.5. The van der Waals surface area contributed by atoms with Gasteiger partial charge in [0.2, 0.25) is 0 Å². The number of rotatable bonds is 4. The molecule has 2 aromatic rings. The van der Waals surface area contributed by atoms with E-state index in [-0.39, 0.29) is 5.91 Å². The van der Waals surface area contributed by atoms with Crippen molar-refractivity contribution in [1.82, 2.24) is 9.88 Å². The Labute approximate surface area is 145 Å². The van der Waals surface area contributed by atoms with E-state index < -0.39 is 0 Å². The number of nitrogens with zero attached hydrogens (tertiary/aromatic N) is 2. The van der Waals surface area contributed by atoms with Gasteiger partial charge in [-0.25, -0.2) is 4.98 Å². The first kappa shape index (κ1) is 16.4. The molecule has 1 N–H and O–H groups in total. The van der Waals surface area contributed by atoms with Crippen molar-refractivity contribution in [3.63, 3.8) is 0 Å². The SMILES string of the molecule is Cc1ccc(NC(=O)c2sc(CN3CCCC3)nc2C)cc1Cl. The molecule has 0 radical (unpaired) electrons. The van der Waals surface area contributed by atoms with Gasteiger partial charge >= 0.3 is 0 Å². The molecule has 1 aliphatic rings. The molecule has 1 amide bonds. The van der Waals surface area contributed by atoms with E-state index in [2.05, 4.69) is 15.2 Å². The van der Waals surface area contributed by atoms with Crippen LogP contribution in [0.3, 0.4) is 0 Å². The van der Waals surface area contributed by atoms with Crippen molar-refractivity contribution in [1.29, 1.82) is 0 Å². The average Bonchev–Trinajstić information content (AvgIpc) is 3.13. The molecular formula is C17H20ClN3OS. The van der Waals surface area contributed by atoms with Crippen molar-refractivity contribution in [3.05, 3.63) is 44.4 Å². The number of carbonyl (C=O) groups excluding carboxylic acids is 1. The Morgan fingerprint density at radius 3 is 2.78 bits per heavy atom. The van der Waals surface area contributed by atoms with Crippen LogP contribution in [0, 0.1) is 13.8 Å². The van der Waals surface area contributed by atoms with Gasteiger partial charge in [-0.05, 0) is 57.5 Å². The average molecular weight is 350 g/mol. The van der Waals surface area contributed by atoms with Gasteiger partial charge in [0.1, 0.15) is 9.88 Å². The lowest BCUT2D eigenvalue weighted by Gasteiger charge is -2.11. The van der Waals surface area contributed by atoms with Gasteiger partial charge in [-0.3, -0.25) is 9.69 Å². The number of thiazole rings is 1. The third-order valence-corrected chi connectivity index (χ3v) is 5.58. The lowest BCUT2D eigenvalue weighted by atomic mass is 10.2. The monoisotopic (exact) mass is 349 g/mol. The maximum absolute atomic E-state index is 12.5. The number of nitrogens with one attached hydrogen (secondary N) is 1. The molecule has 2 heterocycles. The van der Waals surface area contributed by atoms with Crippen LogP contribution in [0.1, 0.15) is 38.8 Å². The quantitative estimate of drug-likeness (QED) is 0.896. The highest BCUT2D eigenvalue weighted by Gasteiger charge is 2.19. The van der Waals surface area contributed by atoms with E-state index in [4.69, 9.17) is 11.6 Å². The van der Waals surface area contributed by atoms with E-state index in [0.29, 0.717) is 15.6 Å². The minimum absolute atomic E-state index is 0.118. The first-order valence-corrected chi connectivity index (χ1v) is 8.98. The molecule has 23 heavy (non-hydrogen) atoms. The zero-order valence-corrected chi connectivity index (χ0v) is 14.9. The summed E-state index contributed by atoms with van der Waals surface area (Å²) in [5.41, 5.74) is 2.49. The van der Waals surface area contributed by atoms with Crippen LogP contribution in [0.25, 0.3) is 0 Å². The van der Waals surface area contributed by atoms with Gasteiger partial charge < -0.3 is 5.32 Å². The third kappa shape index (κ3) is 3.91. The predicted molar refractivity (Wildman–Crippen MR) is 95.5 cm³/mol. The van der Waals surface area contributed by atoms with Crippen LogP contribution < -0.4 is 5.32 Å². The topological polar surface area (TPSA) is 45.2 Å². The smallest absolute Gasteiger partial charge is 0.267 e. The number of carbonyl (C=O) groups is 1. The number of likely N-dealkylation sites (tertiary alicyclic amines) is 1. The van der Waals surface area contributed by atoms with Gasteiger partial charge in [0.25, 0.3) is 5.91 Å². The Kier molecular flexibility index (Phi) is 4.99. The number of amides is 1. The highest BCUT2D eigenvalue weighted by Crippen LogP contribution is 2.24. The van der Waals surface area contributed by atoms with Crippen molar-refractivity contribution in [3.8, 4) is 0 Å². The Balaban J connectivity index is 1.71.